The maximum absolute atomic E-state index is 9.56. The fourth-order valence-corrected chi connectivity index (χ4v) is 3.34. The minimum Gasteiger partial charge on any atom is -0.496 e. The molecule has 0 spiro atoms. The zero-order valence-electron chi connectivity index (χ0n) is 16.0. The Balaban J connectivity index is 1.63. The van der Waals surface area contributed by atoms with Gasteiger partial charge in [-0.3, -0.25) is 0 Å². The monoisotopic (exact) mass is 384 g/mol. The van der Waals surface area contributed by atoms with Crippen molar-refractivity contribution in [1.82, 2.24) is 9.78 Å². The van der Waals surface area contributed by atoms with E-state index in [-0.39, 0.29) is 23.9 Å². The molecule has 144 valence electrons. The Morgan fingerprint density at radius 3 is 2.55 bits per heavy atom. The number of anilines is 1. The summed E-state index contributed by atoms with van der Waals surface area (Å²) in [6, 6.07) is 23.9. The Morgan fingerprint density at radius 2 is 1.72 bits per heavy atom. The molecular weight excluding hydrogens is 364 g/mol. The summed E-state index contributed by atoms with van der Waals surface area (Å²) in [5.41, 5.74) is 8.37. The maximum Gasteiger partial charge on any atom is 0.253 e. The van der Waals surface area contributed by atoms with Gasteiger partial charge in [0.1, 0.15) is 24.2 Å². The van der Waals surface area contributed by atoms with Gasteiger partial charge in [0, 0.05) is 5.56 Å². The van der Waals surface area contributed by atoms with Crippen molar-refractivity contribution >= 4 is 16.6 Å². The molecule has 0 bridgehead atoms. The van der Waals surface area contributed by atoms with Gasteiger partial charge in [0.05, 0.1) is 13.7 Å². The summed E-state index contributed by atoms with van der Waals surface area (Å²) in [4.78, 5) is 0. The molecule has 2 N–H and O–H groups in total. The molecule has 0 radical (unpaired) electrons. The highest BCUT2D eigenvalue weighted by Gasteiger charge is 2.18. The number of hydrogen-bond donors (Lipinski definition) is 1. The van der Waals surface area contributed by atoms with Crippen LogP contribution in [-0.4, -0.2) is 16.9 Å². The van der Waals surface area contributed by atoms with E-state index in [1.807, 2.05) is 48.5 Å². The van der Waals surface area contributed by atoms with Crippen LogP contribution >= 0.6 is 0 Å². The van der Waals surface area contributed by atoms with E-state index in [1.165, 1.54) is 0 Å². The SMILES string of the molecule is COc1ccccc1COc1nn(Cc2cccc3ccccc23)c(N)c1C#N. The highest BCUT2D eigenvalue weighted by atomic mass is 16.5. The summed E-state index contributed by atoms with van der Waals surface area (Å²) in [6.45, 7) is 0.670. The van der Waals surface area contributed by atoms with Crippen molar-refractivity contribution in [2.45, 2.75) is 13.2 Å². The fourth-order valence-electron chi connectivity index (χ4n) is 3.34. The van der Waals surface area contributed by atoms with Crippen molar-refractivity contribution in [2.75, 3.05) is 12.8 Å². The van der Waals surface area contributed by atoms with Crippen LogP contribution in [0.1, 0.15) is 16.7 Å². The van der Waals surface area contributed by atoms with Crippen molar-refractivity contribution in [2.24, 2.45) is 0 Å². The summed E-state index contributed by atoms with van der Waals surface area (Å²) >= 11 is 0. The highest BCUT2D eigenvalue weighted by molar-refractivity contribution is 5.85. The number of nitrogens with two attached hydrogens (primary N) is 1. The van der Waals surface area contributed by atoms with Gasteiger partial charge in [-0.1, -0.05) is 60.7 Å². The molecule has 0 amide bonds. The highest BCUT2D eigenvalue weighted by Crippen LogP contribution is 2.27. The Bertz CT molecular complexity index is 1200. The maximum atomic E-state index is 9.56. The first kappa shape index (κ1) is 18.4. The average Bonchev–Trinajstić information content (AvgIpc) is 3.07. The second kappa shape index (κ2) is 7.95. The van der Waals surface area contributed by atoms with Crippen LogP contribution in [0.3, 0.4) is 0 Å². The van der Waals surface area contributed by atoms with E-state index in [1.54, 1.807) is 11.8 Å². The molecule has 0 fully saturated rings. The van der Waals surface area contributed by atoms with Crippen molar-refractivity contribution < 1.29 is 9.47 Å². The van der Waals surface area contributed by atoms with Gasteiger partial charge in [0.2, 0.25) is 0 Å². The van der Waals surface area contributed by atoms with Crippen molar-refractivity contribution in [1.29, 1.82) is 5.26 Å². The molecule has 6 nitrogen and oxygen atoms in total. The van der Waals surface area contributed by atoms with E-state index in [2.05, 4.69) is 29.4 Å². The lowest BCUT2D eigenvalue weighted by Gasteiger charge is -2.09. The zero-order valence-corrected chi connectivity index (χ0v) is 16.0. The number of nitrogens with zero attached hydrogens (tertiary/aromatic N) is 3. The molecule has 4 rings (SSSR count). The molecule has 29 heavy (non-hydrogen) atoms. The zero-order chi connectivity index (χ0) is 20.2. The van der Waals surface area contributed by atoms with E-state index in [4.69, 9.17) is 15.2 Å². The number of nitriles is 1. The number of fused-ring (bicyclic) bond motifs is 1. The molecule has 0 saturated heterocycles. The molecule has 0 atom stereocenters. The molecule has 6 heteroatoms. The van der Waals surface area contributed by atoms with Gasteiger partial charge >= 0.3 is 0 Å². The standard InChI is InChI=1S/C23H20N4O2/c1-28-21-12-5-3-8-18(21)15-29-23-20(13-24)22(25)27(26-23)14-17-10-6-9-16-7-2-4-11-19(16)17/h2-12H,14-15,25H2,1H3. The molecule has 1 heterocycles. The van der Waals surface area contributed by atoms with E-state index in [9.17, 15) is 5.26 Å². The number of ether oxygens (including phenoxy) is 2. The quantitative estimate of drug-likeness (QED) is 0.540. The van der Waals surface area contributed by atoms with Crippen LogP contribution in [0.15, 0.2) is 66.7 Å². The number of nitrogen functional groups attached to an aromatic ring is 1. The number of hydrogen-bond acceptors (Lipinski definition) is 5. The molecule has 0 aliphatic rings. The minimum absolute atomic E-state index is 0.219. The lowest BCUT2D eigenvalue weighted by Crippen LogP contribution is -2.07. The lowest BCUT2D eigenvalue weighted by atomic mass is 10.0. The van der Waals surface area contributed by atoms with E-state index in [0.29, 0.717) is 12.3 Å². The van der Waals surface area contributed by atoms with E-state index >= 15 is 0 Å². The first-order chi connectivity index (χ1) is 14.2. The third kappa shape index (κ3) is 3.58. The van der Waals surface area contributed by atoms with E-state index in [0.717, 1.165) is 21.9 Å². The van der Waals surface area contributed by atoms with Gasteiger partial charge in [-0.05, 0) is 22.4 Å². The molecule has 0 aliphatic carbocycles. The first-order valence-corrected chi connectivity index (χ1v) is 9.19. The molecule has 1 aromatic heterocycles. The second-order valence-electron chi connectivity index (χ2n) is 6.57. The third-order valence-electron chi connectivity index (χ3n) is 4.83. The van der Waals surface area contributed by atoms with Crippen molar-refractivity contribution in [3.8, 4) is 17.7 Å². The van der Waals surface area contributed by atoms with Crippen molar-refractivity contribution in [3.05, 3.63) is 83.4 Å². The number of benzene rings is 3. The van der Waals surface area contributed by atoms with E-state index < -0.39 is 0 Å². The lowest BCUT2D eigenvalue weighted by molar-refractivity contribution is 0.281. The Hall–Kier alpha value is -3.98. The molecule has 4 aromatic rings. The van der Waals surface area contributed by atoms with Gasteiger partial charge in [-0.2, -0.15) is 5.26 Å². The normalized spacial score (nSPS) is 10.6. The van der Waals surface area contributed by atoms with Crippen LogP contribution in [0.5, 0.6) is 11.6 Å². The Morgan fingerprint density at radius 1 is 1.00 bits per heavy atom. The molecule has 3 aromatic carbocycles. The number of aromatic nitrogens is 2. The summed E-state index contributed by atoms with van der Waals surface area (Å²) in [5, 5.41) is 16.3. The fraction of sp³-hybridized carbons (Fsp3) is 0.130. The second-order valence-corrected chi connectivity index (χ2v) is 6.57. The molecular formula is C23H20N4O2. The van der Waals surface area contributed by atoms with Gasteiger partial charge < -0.3 is 15.2 Å². The van der Waals surface area contributed by atoms with Crippen LogP contribution in [0.2, 0.25) is 0 Å². The minimum atomic E-state index is 0.219. The largest absolute Gasteiger partial charge is 0.496 e. The van der Waals surface area contributed by atoms with Crippen LogP contribution in [-0.2, 0) is 13.2 Å². The van der Waals surface area contributed by atoms with Gasteiger partial charge in [-0.15, -0.1) is 5.10 Å². The van der Waals surface area contributed by atoms with Crippen LogP contribution in [0.4, 0.5) is 5.82 Å². The Kier molecular flexibility index (Phi) is 5.04. The molecule has 0 aliphatic heterocycles. The predicted molar refractivity (Wildman–Crippen MR) is 112 cm³/mol. The van der Waals surface area contributed by atoms with Crippen LogP contribution in [0, 0.1) is 11.3 Å². The number of methoxy groups -OCH3 is 1. The molecule has 0 saturated carbocycles. The summed E-state index contributed by atoms with van der Waals surface area (Å²) < 4.78 is 12.8. The first-order valence-electron chi connectivity index (χ1n) is 9.19. The topological polar surface area (TPSA) is 86.1 Å². The van der Waals surface area contributed by atoms with Crippen LogP contribution in [0.25, 0.3) is 10.8 Å². The smallest absolute Gasteiger partial charge is 0.253 e. The summed E-state index contributed by atoms with van der Waals surface area (Å²) in [7, 11) is 1.61. The number of rotatable bonds is 6. The van der Waals surface area contributed by atoms with Crippen molar-refractivity contribution in [3.63, 3.8) is 0 Å². The van der Waals surface area contributed by atoms with Gasteiger partial charge in [-0.25, -0.2) is 4.68 Å². The summed E-state index contributed by atoms with van der Waals surface area (Å²) in [5.74, 6) is 1.22. The van der Waals surface area contributed by atoms with Gasteiger partial charge in [0.25, 0.3) is 5.88 Å². The Labute approximate surface area is 168 Å². The summed E-state index contributed by atoms with van der Waals surface area (Å²) in [6.07, 6.45) is 0. The predicted octanol–water partition coefficient (Wildman–Crippen LogP) is 4.13. The third-order valence-corrected chi connectivity index (χ3v) is 4.83. The van der Waals surface area contributed by atoms with Gasteiger partial charge in [0.15, 0.2) is 5.56 Å². The molecule has 0 unspecified atom stereocenters. The van der Waals surface area contributed by atoms with Crippen LogP contribution < -0.4 is 15.2 Å². The number of para-hydroxylation sites is 1. The average molecular weight is 384 g/mol.